The number of likely N-dealkylation sites (tertiary alicyclic amines) is 1. The molecule has 0 saturated carbocycles. The van der Waals surface area contributed by atoms with Crippen LogP contribution in [0.5, 0.6) is 0 Å². The zero-order valence-electron chi connectivity index (χ0n) is 16.9. The molecule has 3 atom stereocenters. The van der Waals surface area contributed by atoms with Gasteiger partial charge in [-0.25, -0.2) is 9.59 Å². The van der Waals surface area contributed by atoms with Gasteiger partial charge in [-0.3, -0.25) is 9.69 Å². The van der Waals surface area contributed by atoms with Crippen LogP contribution in [0.1, 0.15) is 53.1 Å². The number of carbonyl (C=O) groups is 3. The molecule has 6 nitrogen and oxygen atoms in total. The highest BCUT2D eigenvalue weighted by Crippen LogP contribution is 2.45. The minimum Gasteiger partial charge on any atom is -0.464 e. The lowest BCUT2D eigenvalue weighted by Crippen LogP contribution is -2.48. The molecule has 27 heavy (non-hydrogen) atoms. The molecule has 2 rings (SSSR count). The van der Waals surface area contributed by atoms with Crippen LogP contribution >= 0.6 is 0 Å². The first-order valence-corrected chi connectivity index (χ1v) is 9.33. The molecule has 1 aromatic carbocycles. The van der Waals surface area contributed by atoms with Gasteiger partial charge in [-0.2, -0.15) is 0 Å². The van der Waals surface area contributed by atoms with E-state index >= 15 is 0 Å². The average Bonchev–Trinajstić information content (AvgIpc) is 2.88. The van der Waals surface area contributed by atoms with Crippen LogP contribution in [0.15, 0.2) is 30.3 Å². The summed E-state index contributed by atoms with van der Waals surface area (Å²) in [5.74, 6) is -1.45. The van der Waals surface area contributed by atoms with Crippen molar-refractivity contribution in [1.82, 2.24) is 4.90 Å². The molecule has 6 heteroatoms. The van der Waals surface area contributed by atoms with E-state index in [2.05, 4.69) is 0 Å². The zero-order chi connectivity index (χ0) is 20.4. The second kappa shape index (κ2) is 8.11. The molecule has 1 aliphatic rings. The summed E-state index contributed by atoms with van der Waals surface area (Å²) in [6.07, 6.45) is -1.06. The quantitative estimate of drug-likeness (QED) is 0.750. The van der Waals surface area contributed by atoms with E-state index < -0.39 is 35.5 Å². The van der Waals surface area contributed by atoms with Crippen molar-refractivity contribution >= 4 is 17.8 Å². The molecular weight excluding hydrogens is 346 g/mol. The number of benzene rings is 1. The van der Waals surface area contributed by atoms with Crippen LogP contribution in [0.4, 0.5) is 4.79 Å². The van der Waals surface area contributed by atoms with Crippen LogP contribution in [0.2, 0.25) is 0 Å². The summed E-state index contributed by atoms with van der Waals surface area (Å²) in [7, 11) is 0. The van der Waals surface area contributed by atoms with Crippen LogP contribution in [-0.4, -0.2) is 41.5 Å². The van der Waals surface area contributed by atoms with Crippen LogP contribution in [0.25, 0.3) is 0 Å². The summed E-state index contributed by atoms with van der Waals surface area (Å²) >= 11 is 0. The Morgan fingerprint density at radius 1 is 1.15 bits per heavy atom. The standard InChI is InChI=1S/C21H29NO5/c1-7-26-19(24)17-15(21(4,5)6)18(23)16(14-11-9-8-10-12-14)22(17)20(25)27-13(2)3/h8-13,15-17H,7H2,1-6H3. The van der Waals surface area contributed by atoms with Gasteiger partial charge in [-0.1, -0.05) is 51.1 Å². The summed E-state index contributed by atoms with van der Waals surface area (Å²) in [5, 5.41) is 0. The number of nitrogens with zero attached hydrogens (tertiary/aromatic N) is 1. The van der Waals surface area contributed by atoms with E-state index in [0.717, 1.165) is 0 Å². The summed E-state index contributed by atoms with van der Waals surface area (Å²) < 4.78 is 10.6. The summed E-state index contributed by atoms with van der Waals surface area (Å²) in [5.41, 5.74) is 0.123. The molecular formula is C21H29NO5. The van der Waals surface area contributed by atoms with Crippen molar-refractivity contribution in [2.45, 2.75) is 59.7 Å². The first-order chi connectivity index (χ1) is 12.6. The summed E-state index contributed by atoms with van der Waals surface area (Å²) in [6, 6.07) is 7.11. The van der Waals surface area contributed by atoms with Crippen LogP contribution in [0.3, 0.4) is 0 Å². The lowest BCUT2D eigenvalue weighted by Gasteiger charge is -2.32. The van der Waals surface area contributed by atoms with Crippen molar-refractivity contribution in [3.63, 3.8) is 0 Å². The molecule has 0 aromatic heterocycles. The minimum absolute atomic E-state index is 0.170. The van der Waals surface area contributed by atoms with E-state index in [1.165, 1.54) is 4.90 Å². The van der Waals surface area contributed by atoms with E-state index in [-0.39, 0.29) is 18.5 Å². The third-order valence-corrected chi connectivity index (χ3v) is 4.59. The molecule has 1 aromatic rings. The first kappa shape index (κ1) is 20.9. The smallest absolute Gasteiger partial charge is 0.411 e. The van der Waals surface area contributed by atoms with Crippen molar-refractivity contribution in [2.24, 2.45) is 11.3 Å². The van der Waals surface area contributed by atoms with Gasteiger partial charge in [0.2, 0.25) is 0 Å². The summed E-state index contributed by atoms with van der Waals surface area (Å²) in [4.78, 5) is 40.4. The van der Waals surface area contributed by atoms with E-state index in [1.807, 2.05) is 26.8 Å². The first-order valence-electron chi connectivity index (χ1n) is 9.33. The van der Waals surface area contributed by atoms with Crippen molar-refractivity contribution in [1.29, 1.82) is 0 Å². The van der Waals surface area contributed by atoms with Gasteiger partial charge in [0, 0.05) is 0 Å². The van der Waals surface area contributed by atoms with Gasteiger partial charge in [0.1, 0.15) is 12.1 Å². The lowest BCUT2D eigenvalue weighted by molar-refractivity contribution is -0.151. The Hall–Kier alpha value is -2.37. The number of amides is 1. The fourth-order valence-corrected chi connectivity index (χ4v) is 3.60. The highest BCUT2D eigenvalue weighted by molar-refractivity contribution is 6.01. The van der Waals surface area contributed by atoms with Crippen LogP contribution < -0.4 is 0 Å². The van der Waals surface area contributed by atoms with Crippen LogP contribution in [0, 0.1) is 11.3 Å². The lowest BCUT2D eigenvalue weighted by atomic mass is 9.74. The second-order valence-corrected chi connectivity index (χ2v) is 8.10. The molecule has 0 aliphatic carbocycles. The van der Waals surface area contributed by atoms with Crippen molar-refractivity contribution in [3.05, 3.63) is 35.9 Å². The molecule has 1 aliphatic heterocycles. The number of hydrogen-bond acceptors (Lipinski definition) is 5. The van der Waals surface area contributed by atoms with Gasteiger partial charge in [0.15, 0.2) is 5.78 Å². The Morgan fingerprint density at radius 3 is 2.22 bits per heavy atom. The van der Waals surface area contributed by atoms with Gasteiger partial charge in [-0.15, -0.1) is 0 Å². The fourth-order valence-electron chi connectivity index (χ4n) is 3.60. The third kappa shape index (κ3) is 4.31. The van der Waals surface area contributed by atoms with Crippen molar-refractivity contribution in [2.75, 3.05) is 6.61 Å². The normalized spacial score (nSPS) is 22.9. The van der Waals surface area contributed by atoms with Crippen molar-refractivity contribution in [3.8, 4) is 0 Å². The third-order valence-electron chi connectivity index (χ3n) is 4.59. The number of carbonyl (C=O) groups excluding carboxylic acids is 3. The molecule has 0 radical (unpaired) electrons. The van der Waals surface area contributed by atoms with Gasteiger partial charge < -0.3 is 9.47 Å². The minimum atomic E-state index is -1.02. The van der Waals surface area contributed by atoms with Gasteiger partial charge in [-0.05, 0) is 31.7 Å². The SMILES string of the molecule is CCOC(=O)C1C(C(C)(C)C)C(=O)C(c2ccccc2)N1C(=O)OC(C)C. The van der Waals surface area contributed by atoms with E-state index in [9.17, 15) is 14.4 Å². The van der Waals surface area contributed by atoms with Crippen LogP contribution in [-0.2, 0) is 19.1 Å². The zero-order valence-corrected chi connectivity index (χ0v) is 16.9. The predicted octanol–water partition coefficient (Wildman–Crippen LogP) is 3.75. The Bertz CT molecular complexity index is 692. The molecule has 1 fully saturated rings. The van der Waals surface area contributed by atoms with Crippen molar-refractivity contribution < 1.29 is 23.9 Å². The molecule has 1 heterocycles. The summed E-state index contributed by atoms with van der Waals surface area (Å²) in [6.45, 7) is 11.0. The maximum Gasteiger partial charge on any atom is 0.411 e. The number of ketones is 1. The Kier molecular flexibility index (Phi) is 6.29. The predicted molar refractivity (Wildman–Crippen MR) is 101 cm³/mol. The number of rotatable bonds is 4. The molecule has 0 spiro atoms. The topological polar surface area (TPSA) is 72.9 Å². The van der Waals surface area contributed by atoms with Gasteiger partial charge in [0.05, 0.1) is 18.6 Å². The molecule has 3 unspecified atom stereocenters. The fraction of sp³-hybridized carbons (Fsp3) is 0.571. The number of esters is 1. The molecule has 1 amide bonds. The number of hydrogen-bond donors (Lipinski definition) is 0. The maximum atomic E-state index is 13.4. The van der Waals surface area contributed by atoms with E-state index in [0.29, 0.717) is 5.56 Å². The average molecular weight is 375 g/mol. The molecule has 1 saturated heterocycles. The Balaban J connectivity index is 2.61. The number of ether oxygens (including phenoxy) is 2. The maximum absolute atomic E-state index is 13.4. The molecule has 0 bridgehead atoms. The number of Topliss-reactive ketones (excluding diaryl/α,β-unsaturated/α-hetero) is 1. The largest absolute Gasteiger partial charge is 0.464 e. The Morgan fingerprint density at radius 2 is 1.74 bits per heavy atom. The highest BCUT2D eigenvalue weighted by atomic mass is 16.6. The Labute approximate surface area is 160 Å². The van der Waals surface area contributed by atoms with E-state index in [1.54, 1.807) is 45.0 Å². The monoisotopic (exact) mass is 375 g/mol. The molecule has 148 valence electrons. The van der Waals surface area contributed by atoms with E-state index in [4.69, 9.17) is 9.47 Å². The second-order valence-electron chi connectivity index (χ2n) is 8.10. The highest BCUT2D eigenvalue weighted by Gasteiger charge is 2.58. The van der Waals surface area contributed by atoms with Gasteiger partial charge >= 0.3 is 12.1 Å². The van der Waals surface area contributed by atoms with Gasteiger partial charge in [0.25, 0.3) is 0 Å². The molecule has 0 N–H and O–H groups in total.